The van der Waals surface area contributed by atoms with E-state index in [1.165, 1.54) is 18.0 Å². The van der Waals surface area contributed by atoms with Crippen LogP contribution in [-0.4, -0.2) is 57.5 Å². The number of β-amino-alcohol motifs (C(OH)–C–C–N with tert-alkyl or cyclic N) is 1. The zero-order valence-electron chi connectivity index (χ0n) is 16.4. The van der Waals surface area contributed by atoms with Crippen molar-refractivity contribution in [2.24, 2.45) is 11.3 Å². The summed E-state index contributed by atoms with van der Waals surface area (Å²) >= 11 is 0. The first kappa shape index (κ1) is 19.3. The maximum atomic E-state index is 12.9. The van der Waals surface area contributed by atoms with Crippen LogP contribution in [0.4, 0.5) is 0 Å². The number of aliphatic hydroxyl groups is 1. The quantitative estimate of drug-likeness (QED) is 0.693. The second-order valence-electron chi connectivity index (χ2n) is 7.96. The smallest absolute Gasteiger partial charge is 0.263 e. The predicted molar refractivity (Wildman–Crippen MR) is 105 cm³/mol. The summed E-state index contributed by atoms with van der Waals surface area (Å²) in [5, 5.41) is 13.8. The molecule has 4 rings (SSSR count). The number of nitrogens with one attached hydrogen (secondary N) is 2. The standard InChI is InChI=1S/C21H24N4O4/c1-12-22-8-15(19(28)24-12)20(29)25-10-17(27)21(11-25)16(9-23-13(2)26)18(21)14-6-4-3-5-7-14/h3-8,16-18,27H,9-11H2,1-2H3,(H,23,26)(H,22,24,28)/t16-,17-,18-,21-/m1/s1. The molecule has 1 saturated heterocycles. The van der Waals surface area contributed by atoms with E-state index in [1.807, 2.05) is 30.3 Å². The van der Waals surface area contributed by atoms with E-state index in [9.17, 15) is 19.5 Å². The largest absolute Gasteiger partial charge is 0.391 e. The minimum atomic E-state index is -0.743. The van der Waals surface area contributed by atoms with Crippen molar-refractivity contribution in [2.75, 3.05) is 19.6 Å². The molecule has 2 heterocycles. The maximum Gasteiger partial charge on any atom is 0.263 e. The molecule has 1 saturated carbocycles. The number of aromatic amines is 1. The SMILES string of the molecule is CC(=O)NC[C@@H]1[C@@H](c2ccccc2)[C@]12CN(C(=O)c1cnc(C)[nH]c1=O)C[C@H]2O. The number of hydrogen-bond donors (Lipinski definition) is 3. The topological polar surface area (TPSA) is 115 Å². The lowest BCUT2D eigenvalue weighted by molar-refractivity contribution is -0.119. The molecule has 3 N–H and O–H groups in total. The number of amides is 2. The van der Waals surface area contributed by atoms with E-state index in [0.717, 1.165) is 5.56 Å². The molecular formula is C21H24N4O4. The van der Waals surface area contributed by atoms with Gasteiger partial charge in [0.25, 0.3) is 11.5 Å². The highest BCUT2D eigenvalue weighted by atomic mass is 16.3. The van der Waals surface area contributed by atoms with Crippen LogP contribution in [-0.2, 0) is 4.79 Å². The van der Waals surface area contributed by atoms with Crippen molar-refractivity contribution in [3.05, 3.63) is 63.8 Å². The lowest BCUT2D eigenvalue weighted by atomic mass is 9.95. The molecule has 2 aromatic rings. The lowest BCUT2D eigenvalue weighted by Gasteiger charge is -2.16. The average Bonchev–Trinajstić information content (AvgIpc) is 3.20. The Morgan fingerprint density at radius 1 is 1.34 bits per heavy atom. The molecule has 152 valence electrons. The van der Waals surface area contributed by atoms with Crippen LogP contribution in [0, 0.1) is 18.3 Å². The van der Waals surface area contributed by atoms with Gasteiger partial charge in [0.2, 0.25) is 5.91 Å². The number of aromatic nitrogens is 2. The molecule has 0 bridgehead atoms. The zero-order chi connectivity index (χ0) is 20.8. The fourth-order valence-corrected chi connectivity index (χ4v) is 4.82. The summed E-state index contributed by atoms with van der Waals surface area (Å²) in [5.41, 5.74) is 0.0222. The molecule has 29 heavy (non-hydrogen) atoms. The van der Waals surface area contributed by atoms with E-state index in [-0.39, 0.29) is 29.9 Å². The molecule has 1 aliphatic heterocycles. The summed E-state index contributed by atoms with van der Waals surface area (Å²) in [5.74, 6) is -0.0943. The maximum absolute atomic E-state index is 12.9. The summed E-state index contributed by atoms with van der Waals surface area (Å²) in [6, 6.07) is 9.83. The molecule has 1 aromatic heterocycles. The van der Waals surface area contributed by atoms with Crippen molar-refractivity contribution in [1.29, 1.82) is 0 Å². The van der Waals surface area contributed by atoms with E-state index in [4.69, 9.17) is 0 Å². The van der Waals surface area contributed by atoms with Gasteiger partial charge in [-0.15, -0.1) is 0 Å². The van der Waals surface area contributed by atoms with Crippen molar-refractivity contribution in [2.45, 2.75) is 25.9 Å². The van der Waals surface area contributed by atoms with Crippen LogP contribution in [0.25, 0.3) is 0 Å². The van der Waals surface area contributed by atoms with E-state index in [2.05, 4.69) is 15.3 Å². The Hall–Kier alpha value is -3.00. The Labute approximate surface area is 168 Å². The van der Waals surface area contributed by atoms with Gasteiger partial charge >= 0.3 is 0 Å². The number of nitrogens with zero attached hydrogens (tertiary/aromatic N) is 2. The Bertz CT molecular complexity index is 1010. The van der Waals surface area contributed by atoms with Gasteiger partial charge in [0.05, 0.1) is 6.10 Å². The Morgan fingerprint density at radius 3 is 2.72 bits per heavy atom. The van der Waals surface area contributed by atoms with Gasteiger partial charge in [-0.2, -0.15) is 0 Å². The van der Waals surface area contributed by atoms with E-state index in [0.29, 0.717) is 18.9 Å². The second-order valence-corrected chi connectivity index (χ2v) is 7.96. The van der Waals surface area contributed by atoms with Crippen LogP contribution in [0.15, 0.2) is 41.3 Å². The van der Waals surface area contributed by atoms with Crippen molar-refractivity contribution in [3.8, 4) is 0 Å². The van der Waals surface area contributed by atoms with Gasteiger partial charge < -0.3 is 20.3 Å². The number of likely N-dealkylation sites (tertiary alicyclic amines) is 1. The van der Waals surface area contributed by atoms with Crippen LogP contribution in [0.3, 0.4) is 0 Å². The third kappa shape index (κ3) is 3.23. The first-order chi connectivity index (χ1) is 13.8. The highest BCUT2D eigenvalue weighted by Crippen LogP contribution is 2.68. The molecule has 1 spiro atoms. The third-order valence-electron chi connectivity index (χ3n) is 6.21. The molecule has 2 fully saturated rings. The van der Waals surface area contributed by atoms with Gasteiger partial charge in [0, 0.05) is 38.2 Å². The first-order valence-electron chi connectivity index (χ1n) is 9.67. The minimum absolute atomic E-state index is 0.0102. The first-order valence-corrected chi connectivity index (χ1v) is 9.67. The second kappa shape index (κ2) is 7.11. The van der Waals surface area contributed by atoms with Crippen molar-refractivity contribution < 1.29 is 14.7 Å². The van der Waals surface area contributed by atoms with Gasteiger partial charge in [-0.25, -0.2) is 4.98 Å². The Morgan fingerprint density at radius 2 is 2.07 bits per heavy atom. The van der Waals surface area contributed by atoms with E-state index < -0.39 is 23.0 Å². The van der Waals surface area contributed by atoms with Gasteiger partial charge in [0.1, 0.15) is 11.4 Å². The zero-order valence-corrected chi connectivity index (χ0v) is 16.4. The number of carbonyl (C=O) groups is 2. The molecule has 1 aromatic carbocycles. The number of aliphatic hydroxyl groups excluding tert-OH is 1. The number of hydrogen-bond acceptors (Lipinski definition) is 5. The van der Waals surface area contributed by atoms with Crippen LogP contribution in [0.5, 0.6) is 0 Å². The highest BCUT2D eigenvalue weighted by Gasteiger charge is 2.71. The van der Waals surface area contributed by atoms with Crippen molar-refractivity contribution >= 4 is 11.8 Å². The Balaban J connectivity index is 1.61. The third-order valence-corrected chi connectivity index (χ3v) is 6.21. The van der Waals surface area contributed by atoms with Crippen LogP contribution < -0.4 is 10.9 Å². The number of H-pyrrole nitrogens is 1. The molecule has 2 amide bonds. The fraction of sp³-hybridized carbons (Fsp3) is 0.429. The summed E-state index contributed by atoms with van der Waals surface area (Å²) < 4.78 is 0. The molecule has 2 aliphatic rings. The lowest BCUT2D eigenvalue weighted by Crippen LogP contribution is -2.34. The molecule has 0 unspecified atom stereocenters. The number of carbonyl (C=O) groups excluding carboxylic acids is 2. The molecule has 8 nitrogen and oxygen atoms in total. The summed E-state index contributed by atoms with van der Waals surface area (Å²) in [6.07, 6.45) is 0.539. The predicted octanol–water partition coefficient (Wildman–Crippen LogP) is 0.431. The minimum Gasteiger partial charge on any atom is -0.391 e. The van der Waals surface area contributed by atoms with Crippen LogP contribution in [0.2, 0.25) is 0 Å². The Kier molecular flexibility index (Phi) is 4.74. The van der Waals surface area contributed by atoms with E-state index in [1.54, 1.807) is 6.92 Å². The van der Waals surface area contributed by atoms with Crippen molar-refractivity contribution in [1.82, 2.24) is 20.2 Å². The summed E-state index contributed by atoms with van der Waals surface area (Å²) in [6.45, 7) is 4.01. The van der Waals surface area contributed by atoms with Gasteiger partial charge in [-0.3, -0.25) is 14.4 Å². The van der Waals surface area contributed by atoms with Gasteiger partial charge in [0.15, 0.2) is 0 Å². The number of benzene rings is 1. The molecule has 8 heteroatoms. The summed E-state index contributed by atoms with van der Waals surface area (Å²) in [7, 11) is 0. The van der Waals surface area contributed by atoms with Crippen LogP contribution >= 0.6 is 0 Å². The van der Waals surface area contributed by atoms with Gasteiger partial charge in [-0.1, -0.05) is 30.3 Å². The molecule has 4 atom stereocenters. The number of aryl methyl sites for hydroxylation is 1. The highest BCUT2D eigenvalue weighted by molar-refractivity contribution is 5.94. The number of rotatable bonds is 4. The average molecular weight is 396 g/mol. The normalized spacial score (nSPS) is 27.8. The fourth-order valence-electron chi connectivity index (χ4n) is 4.82. The van der Waals surface area contributed by atoms with E-state index >= 15 is 0 Å². The van der Waals surface area contributed by atoms with Gasteiger partial charge in [-0.05, 0) is 24.3 Å². The summed E-state index contributed by atoms with van der Waals surface area (Å²) in [4.78, 5) is 44.6. The molecule has 1 aliphatic carbocycles. The molecule has 0 radical (unpaired) electrons. The van der Waals surface area contributed by atoms with Crippen LogP contribution in [0.1, 0.15) is 34.6 Å². The van der Waals surface area contributed by atoms with Crippen molar-refractivity contribution in [3.63, 3.8) is 0 Å². The monoisotopic (exact) mass is 396 g/mol. The molecular weight excluding hydrogens is 372 g/mol.